The first-order chi connectivity index (χ1) is 15.0. The minimum atomic E-state index is -1.18. The van der Waals surface area contributed by atoms with Crippen LogP contribution in [0.5, 0.6) is 5.88 Å². The van der Waals surface area contributed by atoms with E-state index in [0.29, 0.717) is 33.7 Å². The van der Waals surface area contributed by atoms with Crippen molar-refractivity contribution in [2.75, 3.05) is 7.11 Å². The van der Waals surface area contributed by atoms with Gasteiger partial charge in [0.25, 0.3) is 0 Å². The first-order valence-corrected chi connectivity index (χ1v) is 10.0. The standard InChI is InChI=1S/C23H24N4O5/c1-12-17(25-27-13(2)18(21(28)29)24-20(31-6)19(12)27)16-11-14-9-7-8-10-15(14)26(16)22(30)32-23(3,4)5/h7-11H,1-6H3,(H,28,29). The molecule has 0 amide bonds. The molecule has 3 heterocycles. The van der Waals surface area contributed by atoms with Gasteiger partial charge >= 0.3 is 12.1 Å². The van der Waals surface area contributed by atoms with Crippen molar-refractivity contribution >= 4 is 28.5 Å². The zero-order valence-electron chi connectivity index (χ0n) is 18.8. The van der Waals surface area contributed by atoms with Crippen LogP contribution in [0.2, 0.25) is 0 Å². The van der Waals surface area contributed by atoms with Crippen molar-refractivity contribution < 1.29 is 24.2 Å². The van der Waals surface area contributed by atoms with Crippen LogP contribution in [0.1, 0.15) is 42.5 Å². The van der Waals surface area contributed by atoms with Gasteiger partial charge in [-0.1, -0.05) is 18.2 Å². The fourth-order valence-corrected chi connectivity index (χ4v) is 3.75. The molecule has 32 heavy (non-hydrogen) atoms. The fraction of sp³-hybridized carbons (Fsp3) is 0.304. The van der Waals surface area contributed by atoms with Crippen LogP contribution in [0.25, 0.3) is 27.8 Å². The molecule has 0 fully saturated rings. The number of methoxy groups -OCH3 is 1. The molecule has 0 aliphatic carbocycles. The molecule has 0 aliphatic heterocycles. The number of aromatic carboxylic acids is 1. The number of carbonyl (C=O) groups is 2. The molecular formula is C23H24N4O5. The third kappa shape index (κ3) is 3.35. The Balaban J connectivity index is 2.05. The van der Waals surface area contributed by atoms with Crippen LogP contribution in [-0.2, 0) is 4.74 Å². The number of aromatic nitrogens is 4. The summed E-state index contributed by atoms with van der Waals surface area (Å²) in [6.45, 7) is 8.88. The Labute approximate surface area is 184 Å². The fourth-order valence-electron chi connectivity index (χ4n) is 3.75. The minimum Gasteiger partial charge on any atom is -0.479 e. The molecule has 0 aliphatic rings. The topological polar surface area (TPSA) is 108 Å². The number of rotatable bonds is 3. The van der Waals surface area contributed by atoms with Gasteiger partial charge in [-0.05, 0) is 46.8 Å². The Hall–Kier alpha value is -3.88. The van der Waals surface area contributed by atoms with Crippen molar-refractivity contribution in [3.8, 4) is 17.3 Å². The highest BCUT2D eigenvalue weighted by Gasteiger charge is 2.27. The predicted molar refractivity (Wildman–Crippen MR) is 119 cm³/mol. The summed E-state index contributed by atoms with van der Waals surface area (Å²) in [5.41, 5.74) is 2.44. The molecule has 0 radical (unpaired) electrons. The number of carboxylic acid groups (broad SMARTS) is 1. The van der Waals surface area contributed by atoms with Gasteiger partial charge in [-0.2, -0.15) is 5.10 Å². The summed E-state index contributed by atoms with van der Waals surface area (Å²) in [6, 6.07) is 9.34. The van der Waals surface area contributed by atoms with E-state index in [1.54, 1.807) is 27.7 Å². The molecule has 1 aromatic carbocycles. The second-order valence-corrected chi connectivity index (χ2v) is 8.50. The van der Waals surface area contributed by atoms with Crippen LogP contribution < -0.4 is 4.74 Å². The Bertz CT molecular complexity index is 1390. The first-order valence-electron chi connectivity index (χ1n) is 10.0. The normalized spacial score (nSPS) is 11.8. The van der Waals surface area contributed by atoms with Crippen molar-refractivity contribution in [2.24, 2.45) is 0 Å². The summed E-state index contributed by atoms with van der Waals surface area (Å²) in [5.74, 6) is -1.04. The van der Waals surface area contributed by atoms with Gasteiger partial charge in [0.05, 0.1) is 24.0 Å². The van der Waals surface area contributed by atoms with Gasteiger partial charge in [0.1, 0.15) is 16.8 Å². The molecule has 0 atom stereocenters. The molecule has 0 unspecified atom stereocenters. The summed E-state index contributed by atoms with van der Waals surface area (Å²) < 4.78 is 14.0. The molecule has 3 aromatic heterocycles. The molecular weight excluding hydrogens is 412 g/mol. The molecule has 0 saturated heterocycles. The monoisotopic (exact) mass is 436 g/mol. The van der Waals surface area contributed by atoms with E-state index >= 15 is 0 Å². The van der Waals surface area contributed by atoms with Crippen molar-refractivity contribution in [2.45, 2.75) is 40.2 Å². The largest absolute Gasteiger partial charge is 0.479 e. The molecule has 4 rings (SSSR count). The van der Waals surface area contributed by atoms with E-state index < -0.39 is 17.7 Å². The van der Waals surface area contributed by atoms with Gasteiger partial charge in [-0.25, -0.2) is 23.7 Å². The van der Waals surface area contributed by atoms with Crippen molar-refractivity contribution in [1.82, 2.24) is 19.2 Å². The number of para-hydroxylation sites is 1. The summed E-state index contributed by atoms with van der Waals surface area (Å²) >= 11 is 0. The smallest absolute Gasteiger partial charge is 0.419 e. The van der Waals surface area contributed by atoms with Crippen molar-refractivity contribution in [3.63, 3.8) is 0 Å². The number of ether oxygens (including phenoxy) is 2. The molecule has 9 heteroatoms. The van der Waals surface area contributed by atoms with E-state index in [0.717, 1.165) is 5.39 Å². The first kappa shape index (κ1) is 21.4. The molecule has 166 valence electrons. The Morgan fingerprint density at radius 2 is 1.81 bits per heavy atom. The average molecular weight is 436 g/mol. The number of carboxylic acids is 1. The zero-order valence-corrected chi connectivity index (χ0v) is 18.8. The lowest BCUT2D eigenvalue weighted by atomic mass is 10.1. The van der Waals surface area contributed by atoms with Crippen LogP contribution in [0.3, 0.4) is 0 Å². The minimum absolute atomic E-state index is 0.143. The third-order valence-electron chi connectivity index (χ3n) is 5.12. The van der Waals surface area contributed by atoms with Gasteiger partial charge in [0.15, 0.2) is 5.69 Å². The van der Waals surface area contributed by atoms with Crippen LogP contribution in [0.4, 0.5) is 4.79 Å². The maximum atomic E-state index is 13.2. The molecule has 0 bridgehead atoms. The van der Waals surface area contributed by atoms with Gasteiger partial charge in [0.2, 0.25) is 5.88 Å². The molecule has 4 aromatic rings. The van der Waals surface area contributed by atoms with Crippen LogP contribution in [0, 0.1) is 13.8 Å². The van der Waals surface area contributed by atoms with E-state index in [9.17, 15) is 14.7 Å². The summed E-state index contributed by atoms with van der Waals surface area (Å²) in [5, 5.41) is 15.1. The number of carbonyl (C=O) groups excluding carboxylic acids is 1. The van der Waals surface area contributed by atoms with Crippen LogP contribution in [-0.4, -0.2) is 49.0 Å². The number of hydrogen-bond donors (Lipinski definition) is 1. The van der Waals surface area contributed by atoms with Gasteiger partial charge in [0, 0.05) is 10.9 Å². The van der Waals surface area contributed by atoms with E-state index in [-0.39, 0.29) is 11.6 Å². The van der Waals surface area contributed by atoms with Crippen LogP contribution >= 0.6 is 0 Å². The second-order valence-electron chi connectivity index (χ2n) is 8.50. The van der Waals surface area contributed by atoms with E-state index in [1.807, 2.05) is 37.3 Å². The molecule has 1 N–H and O–H groups in total. The molecule has 0 spiro atoms. The van der Waals surface area contributed by atoms with Gasteiger partial charge in [-0.15, -0.1) is 0 Å². The Kier molecular flexibility index (Phi) is 4.92. The average Bonchev–Trinajstić information content (AvgIpc) is 3.25. The van der Waals surface area contributed by atoms with Crippen LogP contribution in [0.15, 0.2) is 30.3 Å². The highest BCUT2D eigenvalue weighted by molar-refractivity contribution is 5.97. The maximum Gasteiger partial charge on any atom is 0.419 e. The van der Waals surface area contributed by atoms with E-state index in [4.69, 9.17) is 9.47 Å². The van der Waals surface area contributed by atoms with Gasteiger partial charge in [-0.3, -0.25) is 0 Å². The summed E-state index contributed by atoms with van der Waals surface area (Å²) in [4.78, 5) is 29.0. The highest BCUT2D eigenvalue weighted by atomic mass is 16.6. The SMILES string of the molecule is COc1nc(C(=O)O)c(C)n2nc(-c3cc4ccccc4n3C(=O)OC(C)(C)C)c(C)c12. The quantitative estimate of drug-likeness (QED) is 0.505. The number of aryl methyl sites for hydroxylation is 2. The lowest BCUT2D eigenvalue weighted by molar-refractivity contribution is 0.0546. The zero-order chi connectivity index (χ0) is 23.4. The summed E-state index contributed by atoms with van der Waals surface area (Å²) in [6.07, 6.45) is -0.529. The lowest BCUT2D eigenvalue weighted by Crippen LogP contribution is -2.27. The number of benzene rings is 1. The maximum absolute atomic E-state index is 13.2. The molecule has 9 nitrogen and oxygen atoms in total. The predicted octanol–water partition coefficient (Wildman–Crippen LogP) is 4.46. The Morgan fingerprint density at radius 3 is 2.44 bits per heavy atom. The lowest BCUT2D eigenvalue weighted by Gasteiger charge is -2.20. The van der Waals surface area contributed by atoms with Gasteiger partial charge < -0.3 is 14.6 Å². The second kappa shape index (κ2) is 7.37. The third-order valence-corrected chi connectivity index (χ3v) is 5.12. The number of fused-ring (bicyclic) bond motifs is 2. The summed E-state index contributed by atoms with van der Waals surface area (Å²) in [7, 11) is 1.42. The number of nitrogens with zero attached hydrogens (tertiary/aromatic N) is 4. The van der Waals surface area contributed by atoms with Crippen molar-refractivity contribution in [3.05, 3.63) is 47.3 Å². The Morgan fingerprint density at radius 1 is 1.12 bits per heavy atom. The highest BCUT2D eigenvalue weighted by Crippen LogP contribution is 2.35. The van der Waals surface area contributed by atoms with Crippen molar-refractivity contribution in [1.29, 1.82) is 0 Å². The number of hydrogen-bond acceptors (Lipinski definition) is 6. The molecule has 0 saturated carbocycles. The van der Waals surface area contributed by atoms with E-state index in [1.165, 1.54) is 16.2 Å². The van der Waals surface area contributed by atoms with E-state index in [2.05, 4.69) is 10.1 Å².